The first-order valence-electron chi connectivity index (χ1n) is 6.20. The zero-order chi connectivity index (χ0) is 14.8. The maximum atomic E-state index is 13.0. The smallest absolute Gasteiger partial charge is 0.358 e. The van der Waals surface area contributed by atoms with Crippen LogP contribution in [-0.2, 0) is 0 Å². The Morgan fingerprint density at radius 3 is 2.29 bits per heavy atom. The molecule has 3 rings (SSSR count). The predicted molar refractivity (Wildman–Crippen MR) is 74.3 cm³/mol. The van der Waals surface area contributed by atoms with E-state index in [2.05, 4.69) is 4.98 Å². The number of rotatable bonds is 3. The van der Waals surface area contributed by atoms with E-state index >= 15 is 0 Å². The topological polar surface area (TPSA) is 63.3 Å². The molecule has 3 aromatic rings. The number of aromatic carboxylic acids is 1. The van der Waals surface area contributed by atoms with Gasteiger partial charge in [-0.2, -0.15) is 0 Å². The third-order valence-electron chi connectivity index (χ3n) is 2.96. The van der Waals surface area contributed by atoms with Crippen molar-refractivity contribution in [2.45, 2.75) is 0 Å². The lowest BCUT2D eigenvalue weighted by Gasteiger charge is -1.97. The van der Waals surface area contributed by atoms with E-state index < -0.39 is 11.8 Å². The third-order valence-corrected chi connectivity index (χ3v) is 2.96. The van der Waals surface area contributed by atoms with Crippen LogP contribution in [0.1, 0.15) is 10.5 Å². The van der Waals surface area contributed by atoms with E-state index in [4.69, 9.17) is 4.42 Å². The van der Waals surface area contributed by atoms with Gasteiger partial charge in [-0.05, 0) is 36.4 Å². The standard InChI is InChI=1S/C16H10FNO3/c17-12-8-6-10(7-9-12)14-13(16(19)20)18-15(21-14)11-4-2-1-3-5-11/h1-9H,(H,19,20). The second-order valence-corrected chi connectivity index (χ2v) is 4.37. The van der Waals surface area contributed by atoms with Crippen LogP contribution in [-0.4, -0.2) is 16.1 Å². The fourth-order valence-corrected chi connectivity index (χ4v) is 1.97. The van der Waals surface area contributed by atoms with Crippen LogP contribution in [0.15, 0.2) is 59.0 Å². The van der Waals surface area contributed by atoms with E-state index in [1.54, 1.807) is 24.3 Å². The van der Waals surface area contributed by atoms with Gasteiger partial charge in [-0.3, -0.25) is 0 Å². The van der Waals surface area contributed by atoms with E-state index in [9.17, 15) is 14.3 Å². The average molecular weight is 283 g/mol. The van der Waals surface area contributed by atoms with E-state index in [1.807, 2.05) is 6.07 Å². The predicted octanol–water partition coefficient (Wildman–Crippen LogP) is 3.85. The number of hydrogen-bond donors (Lipinski definition) is 1. The molecule has 1 heterocycles. The highest BCUT2D eigenvalue weighted by atomic mass is 19.1. The molecule has 5 heteroatoms. The molecule has 0 spiro atoms. The minimum atomic E-state index is -1.19. The number of carbonyl (C=O) groups is 1. The molecule has 1 aromatic heterocycles. The van der Waals surface area contributed by atoms with Crippen molar-refractivity contribution in [3.05, 3.63) is 66.1 Å². The van der Waals surface area contributed by atoms with E-state index in [0.717, 1.165) is 0 Å². The first-order valence-corrected chi connectivity index (χ1v) is 6.20. The third kappa shape index (κ3) is 2.53. The highest BCUT2D eigenvalue weighted by molar-refractivity contribution is 5.93. The molecule has 21 heavy (non-hydrogen) atoms. The van der Waals surface area contributed by atoms with Gasteiger partial charge < -0.3 is 9.52 Å². The molecule has 0 saturated carbocycles. The summed E-state index contributed by atoms with van der Waals surface area (Å²) in [6, 6.07) is 14.4. The maximum Gasteiger partial charge on any atom is 0.358 e. The fourth-order valence-electron chi connectivity index (χ4n) is 1.97. The van der Waals surface area contributed by atoms with Gasteiger partial charge in [0.1, 0.15) is 5.82 Å². The molecule has 0 aliphatic carbocycles. The van der Waals surface area contributed by atoms with Gasteiger partial charge in [0.15, 0.2) is 11.5 Å². The number of aromatic nitrogens is 1. The number of carboxylic acid groups (broad SMARTS) is 1. The molecule has 0 unspecified atom stereocenters. The van der Waals surface area contributed by atoms with Gasteiger partial charge in [0.2, 0.25) is 5.89 Å². The zero-order valence-electron chi connectivity index (χ0n) is 10.8. The summed E-state index contributed by atoms with van der Waals surface area (Å²) >= 11 is 0. The normalized spacial score (nSPS) is 10.5. The molecule has 1 N–H and O–H groups in total. The molecule has 2 aromatic carbocycles. The summed E-state index contributed by atoms with van der Waals surface area (Å²) in [5, 5.41) is 9.25. The molecular weight excluding hydrogens is 273 g/mol. The summed E-state index contributed by atoms with van der Waals surface area (Å²) in [6.07, 6.45) is 0. The minimum Gasteiger partial charge on any atom is -0.476 e. The maximum absolute atomic E-state index is 13.0. The molecule has 0 amide bonds. The average Bonchev–Trinajstić information content (AvgIpc) is 2.94. The lowest BCUT2D eigenvalue weighted by atomic mass is 10.1. The van der Waals surface area contributed by atoms with Crippen molar-refractivity contribution < 1.29 is 18.7 Å². The number of halogens is 1. The summed E-state index contributed by atoms with van der Waals surface area (Å²) < 4.78 is 18.5. The van der Waals surface area contributed by atoms with Crippen molar-refractivity contribution in [2.75, 3.05) is 0 Å². The van der Waals surface area contributed by atoms with Crippen molar-refractivity contribution in [1.29, 1.82) is 0 Å². The monoisotopic (exact) mass is 283 g/mol. The van der Waals surface area contributed by atoms with Crippen LogP contribution in [0, 0.1) is 5.82 Å². The Hall–Kier alpha value is -2.95. The summed E-state index contributed by atoms with van der Waals surface area (Å²) in [6.45, 7) is 0. The Morgan fingerprint density at radius 1 is 1.00 bits per heavy atom. The Kier molecular flexibility index (Phi) is 3.23. The second kappa shape index (κ2) is 5.20. The van der Waals surface area contributed by atoms with Gasteiger partial charge in [-0.15, -0.1) is 0 Å². The molecule has 0 aliphatic rings. The highest BCUT2D eigenvalue weighted by Gasteiger charge is 2.21. The summed E-state index contributed by atoms with van der Waals surface area (Å²) in [5.74, 6) is -1.27. The zero-order valence-corrected chi connectivity index (χ0v) is 10.8. The molecule has 0 aliphatic heterocycles. The molecule has 0 fully saturated rings. The molecule has 0 atom stereocenters. The number of oxazole rings is 1. The molecule has 0 saturated heterocycles. The van der Waals surface area contributed by atoms with Gasteiger partial charge in [0.25, 0.3) is 0 Å². The van der Waals surface area contributed by atoms with E-state index in [-0.39, 0.29) is 17.3 Å². The van der Waals surface area contributed by atoms with Gasteiger partial charge in [-0.25, -0.2) is 14.2 Å². The lowest BCUT2D eigenvalue weighted by Crippen LogP contribution is -1.98. The Morgan fingerprint density at radius 2 is 1.67 bits per heavy atom. The van der Waals surface area contributed by atoms with Crippen molar-refractivity contribution in [1.82, 2.24) is 4.98 Å². The largest absolute Gasteiger partial charge is 0.476 e. The van der Waals surface area contributed by atoms with Crippen molar-refractivity contribution in [3.63, 3.8) is 0 Å². The highest BCUT2D eigenvalue weighted by Crippen LogP contribution is 2.29. The summed E-state index contributed by atoms with van der Waals surface area (Å²) in [5.41, 5.74) is 0.942. The van der Waals surface area contributed by atoms with Crippen molar-refractivity contribution in [2.24, 2.45) is 0 Å². The van der Waals surface area contributed by atoms with Crippen LogP contribution in [0.3, 0.4) is 0 Å². The number of benzene rings is 2. The van der Waals surface area contributed by atoms with Gasteiger partial charge in [-0.1, -0.05) is 18.2 Å². The van der Waals surface area contributed by atoms with Crippen molar-refractivity contribution in [3.8, 4) is 22.8 Å². The molecule has 4 nitrogen and oxygen atoms in total. The van der Waals surface area contributed by atoms with Crippen LogP contribution >= 0.6 is 0 Å². The van der Waals surface area contributed by atoms with E-state index in [1.165, 1.54) is 24.3 Å². The quantitative estimate of drug-likeness (QED) is 0.793. The van der Waals surface area contributed by atoms with E-state index in [0.29, 0.717) is 11.1 Å². The fraction of sp³-hybridized carbons (Fsp3) is 0. The lowest BCUT2D eigenvalue weighted by molar-refractivity contribution is 0.0691. The molecule has 104 valence electrons. The minimum absolute atomic E-state index is 0.112. The van der Waals surface area contributed by atoms with Crippen LogP contribution in [0.2, 0.25) is 0 Å². The molecule has 0 bridgehead atoms. The number of nitrogens with zero attached hydrogens (tertiary/aromatic N) is 1. The van der Waals surface area contributed by atoms with Crippen molar-refractivity contribution >= 4 is 5.97 Å². The van der Waals surface area contributed by atoms with Crippen LogP contribution in [0.5, 0.6) is 0 Å². The first kappa shape index (κ1) is 13.1. The Balaban J connectivity index is 2.14. The summed E-state index contributed by atoms with van der Waals surface area (Å²) in [7, 11) is 0. The van der Waals surface area contributed by atoms with Crippen LogP contribution in [0.4, 0.5) is 4.39 Å². The number of hydrogen-bond acceptors (Lipinski definition) is 3. The Labute approximate surface area is 119 Å². The van der Waals surface area contributed by atoms with Crippen LogP contribution < -0.4 is 0 Å². The summed E-state index contributed by atoms with van der Waals surface area (Å²) in [4.78, 5) is 15.3. The Bertz CT molecular complexity index is 779. The number of carboxylic acids is 1. The molecule has 0 radical (unpaired) electrons. The SMILES string of the molecule is O=C(O)c1nc(-c2ccccc2)oc1-c1ccc(F)cc1. The second-order valence-electron chi connectivity index (χ2n) is 4.37. The van der Waals surface area contributed by atoms with Gasteiger partial charge >= 0.3 is 5.97 Å². The van der Waals surface area contributed by atoms with Crippen LogP contribution in [0.25, 0.3) is 22.8 Å². The van der Waals surface area contributed by atoms with Gasteiger partial charge in [0.05, 0.1) is 0 Å². The first-order chi connectivity index (χ1) is 10.1. The van der Waals surface area contributed by atoms with Gasteiger partial charge in [0, 0.05) is 11.1 Å². The molecular formula is C16H10FNO3.